The summed E-state index contributed by atoms with van der Waals surface area (Å²) in [7, 11) is 2.12. The van der Waals surface area contributed by atoms with Crippen molar-refractivity contribution in [2.75, 3.05) is 13.6 Å². The van der Waals surface area contributed by atoms with Gasteiger partial charge in [-0.3, -0.25) is 14.9 Å². The number of benzene rings is 2. The highest BCUT2D eigenvalue weighted by atomic mass is 35.5. The molecule has 4 nitrogen and oxygen atoms in total. The molecule has 1 N–H and O–H groups in total. The van der Waals surface area contributed by atoms with Gasteiger partial charge < -0.3 is 5.32 Å². The van der Waals surface area contributed by atoms with Gasteiger partial charge in [-0.15, -0.1) is 0 Å². The number of likely N-dealkylation sites (N-methyl/N-ethyl adjacent to an activating group) is 1. The average Bonchev–Trinajstić information content (AvgIpc) is 3.69. The number of halogens is 1. The summed E-state index contributed by atoms with van der Waals surface area (Å²) in [5.74, 6) is 0.490. The van der Waals surface area contributed by atoms with Gasteiger partial charge in [-0.1, -0.05) is 54.1 Å². The second kappa shape index (κ2) is 12.7. The Morgan fingerprint density at radius 1 is 0.816 bits per heavy atom. The van der Waals surface area contributed by atoms with E-state index in [0.29, 0.717) is 12.0 Å². The van der Waals surface area contributed by atoms with Gasteiger partial charge in [0.15, 0.2) is 0 Å². The van der Waals surface area contributed by atoms with Gasteiger partial charge >= 0.3 is 0 Å². The third kappa shape index (κ3) is 6.87. The molecule has 0 spiro atoms. The number of hydrogen-bond acceptors (Lipinski definition) is 4. The highest BCUT2D eigenvalue weighted by Gasteiger charge is 2.54. The number of nitrogens with zero attached hydrogens (tertiary/aromatic N) is 3. The van der Waals surface area contributed by atoms with Crippen molar-refractivity contribution in [1.29, 1.82) is 0 Å². The van der Waals surface area contributed by atoms with Gasteiger partial charge in [0.05, 0.1) is 0 Å². The molecule has 1 aliphatic carbocycles. The Kier molecular flexibility index (Phi) is 8.85. The lowest BCUT2D eigenvalue weighted by molar-refractivity contribution is 0.145. The fraction of sp³-hybridized carbons (Fsp3) is 0.333. The zero-order chi connectivity index (χ0) is 26.2. The van der Waals surface area contributed by atoms with Crippen molar-refractivity contribution in [1.82, 2.24) is 20.2 Å². The molecule has 2 unspecified atom stereocenters. The second-order valence-corrected chi connectivity index (χ2v) is 11.0. The Labute approximate surface area is 232 Å². The van der Waals surface area contributed by atoms with E-state index >= 15 is 0 Å². The predicted molar refractivity (Wildman–Crippen MR) is 156 cm³/mol. The topological polar surface area (TPSA) is 41.0 Å². The third-order valence-electron chi connectivity index (χ3n) is 8.11. The van der Waals surface area contributed by atoms with Gasteiger partial charge in [-0.05, 0) is 97.8 Å². The molecule has 1 fully saturated rings. The number of nitrogens with one attached hydrogen (secondary N) is 1. The third-order valence-corrected chi connectivity index (χ3v) is 8.36. The van der Waals surface area contributed by atoms with Crippen LogP contribution in [0.2, 0.25) is 5.02 Å². The largest absolute Gasteiger partial charge is 0.313 e. The Hall–Kier alpha value is -3.05. The molecular weight excluding hydrogens is 488 g/mol. The quantitative estimate of drug-likeness (QED) is 0.211. The zero-order valence-electron chi connectivity index (χ0n) is 22.1. The fourth-order valence-corrected chi connectivity index (χ4v) is 5.86. The lowest BCUT2D eigenvalue weighted by atomic mass is 9.96. The molecule has 2 aromatic heterocycles. The van der Waals surface area contributed by atoms with Crippen LogP contribution in [-0.4, -0.2) is 40.0 Å². The zero-order valence-corrected chi connectivity index (χ0v) is 22.9. The fourth-order valence-electron chi connectivity index (χ4n) is 5.74. The molecule has 5 rings (SSSR count). The lowest BCUT2D eigenvalue weighted by Crippen LogP contribution is -2.47. The minimum atomic E-state index is 0.0637. The van der Waals surface area contributed by atoms with Crippen molar-refractivity contribution in [2.24, 2.45) is 0 Å². The molecule has 0 amide bonds. The van der Waals surface area contributed by atoms with Crippen LogP contribution in [0.5, 0.6) is 0 Å². The van der Waals surface area contributed by atoms with Crippen molar-refractivity contribution in [2.45, 2.75) is 56.1 Å². The van der Waals surface area contributed by atoms with Gasteiger partial charge in [-0.2, -0.15) is 0 Å². The van der Waals surface area contributed by atoms with Crippen LogP contribution in [0.1, 0.15) is 47.4 Å². The van der Waals surface area contributed by atoms with Crippen LogP contribution >= 0.6 is 11.6 Å². The minimum absolute atomic E-state index is 0.0637. The van der Waals surface area contributed by atoms with Crippen LogP contribution in [0, 0.1) is 0 Å². The summed E-state index contributed by atoms with van der Waals surface area (Å²) in [4.78, 5) is 11.2. The highest BCUT2D eigenvalue weighted by Crippen LogP contribution is 2.52. The monoisotopic (exact) mass is 524 g/mol. The van der Waals surface area contributed by atoms with E-state index in [0.717, 1.165) is 50.2 Å². The SMILES string of the molecule is CNC1(CN(Cc2ccccc2)C(CCc2ccncc2)CCc2ccncc2)CC1c1ccc(Cl)cc1. The number of aryl methyl sites for hydroxylation is 2. The maximum atomic E-state index is 6.20. The molecule has 196 valence electrons. The molecule has 4 aromatic rings. The van der Waals surface area contributed by atoms with Crippen LogP contribution in [0.3, 0.4) is 0 Å². The van der Waals surface area contributed by atoms with Crippen molar-refractivity contribution in [3.8, 4) is 0 Å². The summed E-state index contributed by atoms with van der Waals surface area (Å²) >= 11 is 6.20. The van der Waals surface area contributed by atoms with E-state index in [1.54, 1.807) is 0 Å². The smallest absolute Gasteiger partial charge is 0.0406 e. The number of rotatable bonds is 13. The molecule has 5 heteroatoms. The van der Waals surface area contributed by atoms with E-state index in [1.807, 2.05) is 36.9 Å². The normalized spacial score (nSPS) is 18.7. The summed E-state index contributed by atoms with van der Waals surface area (Å²) in [6.07, 6.45) is 13.0. The van der Waals surface area contributed by atoms with E-state index in [1.165, 1.54) is 22.3 Å². The van der Waals surface area contributed by atoms with Crippen molar-refractivity contribution in [3.63, 3.8) is 0 Å². The van der Waals surface area contributed by atoms with E-state index in [4.69, 9.17) is 11.6 Å². The van der Waals surface area contributed by atoms with Crippen LogP contribution in [0.15, 0.2) is 104 Å². The Morgan fingerprint density at radius 3 is 1.95 bits per heavy atom. The van der Waals surface area contributed by atoms with Crippen molar-refractivity contribution < 1.29 is 0 Å². The van der Waals surface area contributed by atoms with E-state index in [2.05, 4.69) is 94.0 Å². The summed E-state index contributed by atoms with van der Waals surface area (Å²) in [5, 5.41) is 4.54. The summed E-state index contributed by atoms with van der Waals surface area (Å²) in [6.45, 7) is 1.94. The maximum Gasteiger partial charge on any atom is 0.0406 e. The number of pyridine rings is 2. The molecule has 2 atom stereocenters. The molecule has 2 aromatic carbocycles. The first-order chi connectivity index (χ1) is 18.6. The minimum Gasteiger partial charge on any atom is -0.313 e. The highest BCUT2D eigenvalue weighted by molar-refractivity contribution is 6.30. The van der Waals surface area contributed by atoms with Gasteiger partial charge in [0.25, 0.3) is 0 Å². The van der Waals surface area contributed by atoms with Crippen molar-refractivity contribution >= 4 is 11.6 Å². The molecule has 0 aliphatic heterocycles. The molecular formula is C33H37ClN4. The molecule has 1 aliphatic rings. The second-order valence-electron chi connectivity index (χ2n) is 10.5. The summed E-state index contributed by atoms with van der Waals surface area (Å²) in [6, 6.07) is 28.4. The molecule has 38 heavy (non-hydrogen) atoms. The Morgan fingerprint density at radius 2 is 1.39 bits per heavy atom. The van der Waals surface area contributed by atoms with E-state index < -0.39 is 0 Å². The molecule has 0 saturated heterocycles. The first-order valence-corrected chi connectivity index (χ1v) is 14.0. The first kappa shape index (κ1) is 26.6. The molecule has 1 saturated carbocycles. The van der Waals surface area contributed by atoms with E-state index in [9.17, 15) is 0 Å². The molecule has 0 bridgehead atoms. The lowest BCUT2D eigenvalue weighted by Gasteiger charge is -2.36. The molecule has 2 heterocycles. The average molecular weight is 525 g/mol. The predicted octanol–water partition coefficient (Wildman–Crippen LogP) is 6.71. The van der Waals surface area contributed by atoms with Gasteiger partial charge in [0, 0.05) is 60.4 Å². The number of aromatic nitrogens is 2. The van der Waals surface area contributed by atoms with Gasteiger partial charge in [-0.25, -0.2) is 0 Å². The maximum absolute atomic E-state index is 6.20. The summed E-state index contributed by atoms with van der Waals surface area (Å²) < 4.78 is 0. The Balaban J connectivity index is 1.40. The molecule has 0 radical (unpaired) electrons. The van der Waals surface area contributed by atoms with Crippen LogP contribution in [0.4, 0.5) is 0 Å². The van der Waals surface area contributed by atoms with Crippen molar-refractivity contribution in [3.05, 3.63) is 131 Å². The van der Waals surface area contributed by atoms with Gasteiger partial charge in [0.1, 0.15) is 0 Å². The standard InChI is InChI=1S/C33H37ClN4/c1-35-33(23-32(33)29-9-11-30(34)12-10-29)25-38(24-28-5-3-2-4-6-28)31(13-7-26-15-19-36-20-16-26)14-8-27-17-21-37-22-18-27/h2-6,9-12,15-22,31-32,35H,7-8,13-14,23-25H2,1H3. The van der Waals surface area contributed by atoms with Gasteiger partial charge in [0.2, 0.25) is 0 Å². The van der Waals surface area contributed by atoms with Crippen LogP contribution in [-0.2, 0) is 19.4 Å². The van der Waals surface area contributed by atoms with Crippen LogP contribution in [0.25, 0.3) is 0 Å². The number of hydrogen-bond donors (Lipinski definition) is 1. The van der Waals surface area contributed by atoms with Crippen LogP contribution < -0.4 is 5.32 Å². The van der Waals surface area contributed by atoms with E-state index in [-0.39, 0.29) is 5.54 Å². The first-order valence-electron chi connectivity index (χ1n) is 13.7. The summed E-state index contributed by atoms with van der Waals surface area (Å²) in [5.41, 5.74) is 5.49. The Bertz CT molecular complexity index is 1210.